The van der Waals surface area contributed by atoms with Gasteiger partial charge in [-0.25, -0.2) is 4.79 Å². The Hall–Kier alpha value is -2.64. The Bertz CT molecular complexity index is 937. The quantitative estimate of drug-likeness (QED) is 0.525. The predicted octanol–water partition coefficient (Wildman–Crippen LogP) is 5.20. The van der Waals surface area contributed by atoms with E-state index in [4.69, 9.17) is 21.1 Å². The number of carbonyl (C=O) groups excluding carboxylic acids is 1. The van der Waals surface area contributed by atoms with Crippen molar-refractivity contribution >= 4 is 29.0 Å². The number of methoxy groups -OCH3 is 1. The van der Waals surface area contributed by atoms with Gasteiger partial charge in [0.2, 0.25) is 0 Å². The summed E-state index contributed by atoms with van der Waals surface area (Å²) in [5.74, 6) is 1.27. The first-order valence-electron chi connectivity index (χ1n) is 11.9. The van der Waals surface area contributed by atoms with Crippen LogP contribution >= 0.6 is 11.6 Å². The molecule has 2 aromatic rings. The van der Waals surface area contributed by atoms with E-state index in [0.717, 1.165) is 30.3 Å². The number of urea groups is 1. The van der Waals surface area contributed by atoms with Crippen molar-refractivity contribution in [2.24, 2.45) is 0 Å². The van der Waals surface area contributed by atoms with Gasteiger partial charge in [-0.05, 0) is 52.0 Å². The molecule has 1 aliphatic rings. The van der Waals surface area contributed by atoms with Crippen molar-refractivity contribution in [3.8, 4) is 11.5 Å². The highest BCUT2D eigenvalue weighted by atomic mass is 35.5. The molecule has 0 radical (unpaired) electrons. The summed E-state index contributed by atoms with van der Waals surface area (Å²) in [4.78, 5) is 19.3. The van der Waals surface area contributed by atoms with Gasteiger partial charge >= 0.3 is 6.03 Å². The molecule has 1 fully saturated rings. The van der Waals surface area contributed by atoms with E-state index in [9.17, 15) is 4.79 Å². The van der Waals surface area contributed by atoms with Gasteiger partial charge in [0.1, 0.15) is 6.61 Å². The molecule has 0 atom stereocenters. The third-order valence-electron chi connectivity index (χ3n) is 6.11. The number of halogens is 1. The Morgan fingerprint density at radius 2 is 1.71 bits per heavy atom. The Balaban J connectivity index is 1.57. The number of piperazine rings is 1. The standard InChI is InChI=1S/C26H37ClN4O3/c1-19(2)31(20(3)4)16-17-34-25-18-21(10-11-24(25)33-5)28-26(32)30-14-12-29(13-15-30)23-9-7-6-8-22(23)27/h6-11,18-20H,12-17H2,1-5H3,(H,28,32). The second-order valence-corrected chi connectivity index (χ2v) is 9.40. The molecule has 7 nitrogen and oxygen atoms in total. The summed E-state index contributed by atoms with van der Waals surface area (Å²) in [7, 11) is 1.62. The fraction of sp³-hybridized carbons (Fsp3) is 0.500. The van der Waals surface area contributed by atoms with Crippen molar-refractivity contribution in [3.63, 3.8) is 0 Å². The van der Waals surface area contributed by atoms with Crippen LogP contribution in [-0.4, -0.2) is 74.4 Å². The van der Waals surface area contributed by atoms with E-state index in [0.29, 0.717) is 49.0 Å². The predicted molar refractivity (Wildman–Crippen MR) is 140 cm³/mol. The molecular formula is C26H37ClN4O3. The molecule has 0 aromatic heterocycles. The van der Waals surface area contributed by atoms with Crippen molar-refractivity contribution in [1.29, 1.82) is 0 Å². The van der Waals surface area contributed by atoms with Crippen LogP contribution in [0.1, 0.15) is 27.7 Å². The van der Waals surface area contributed by atoms with E-state index < -0.39 is 0 Å². The largest absolute Gasteiger partial charge is 0.493 e. The number of nitrogens with one attached hydrogen (secondary N) is 1. The van der Waals surface area contributed by atoms with Crippen molar-refractivity contribution in [2.75, 3.05) is 56.7 Å². The maximum atomic E-state index is 12.9. The van der Waals surface area contributed by atoms with Crippen molar-refractivity contribution in [1.82, 2.24) is 9.80 Å². The Morgan fingerprint density at radius 1 is 1.03 bits per heavy atom. The van der Waals surface area contributed by atoms with Gasteiger partial charge in [-0.2, -0.15) is 0 Å². The third kappa shape index (κ3) is 6.70. The van der Waals surface area contributed by atoms with E-state index >= 15 is 0 Å². The zero-order valence-electron chi connectivity index (χ0n) is 20.9. The normalized spacial score (nSPS) is 14.1. The molecule has 2 aromatic carbocycles. The fourth-order valence-corrected chi connectivity index (χ4v) is 4.56. The molecule has 1 N–H and O–H groups in total. The van der Waals surface area contributed by atoms with Crippen LogP contribution in [0, 0.1) is 0 Å². The molecule has 1 heterocycles. The van der Waals surface area contributed by atoms with Crippen molar-refractivity contribution in [2.45, 2.75) is 39.8 Å². The number of amides is 2. The number of rotatable bonds is 9. The van der Waals surface area contributed by atoms with E-state index in [1.54, 1.807) is 7.11 Å². The molecule has 3 rings (SSSR count). The number of carbonyl (C=O) groups is 1. The first-order valence-corrected chi connectivity index (χ1v) is 12.3. The lowest BCUT2D eigenvalue weighted by Gasteiger charge is -2.36. The van der Waals surface area contributed by atoms with E-state index in [2.05, 4.69) is 42.8 Å². The average Bonchev–Trinajstić information content (AvgIpc) is 2.82. The number of hydrogen-bond donors (Lipinski definition) is 1. The number of para-hydroxylation sites is 1. The Labute approximate surface area is 208 Å². The summed E-state index contributed by atoms with van der Waals surface area (Å²) in [6.45, 7) is 12.8. The second kappa shape index (κ2) is 12.2. The van der Waals surface area contributed by atoms with Crippen LogP contribution < -0.4 is 19.7 Å². The molecule has 2 amide bonds. The van der Waals surface area contributed by atoms with Gasteiger partial charge in [0.15, 0.2) is 11.5 Å². The fourth-order valence-electron chi connectivity index (χ4n) is 4.30. The number of nitrogens with zero attached hydrogens (tertiary/aromatic N) is 3. The highest BCUT2D eigenvalue weighted by Gasteiger charge is 2.23. The van der Waals surface area contributed by atoms with Gasteiger partial charge in [-0.1, -0.05) is 23.7 Å². The van der Waals surface area contributed by atoms with E-state index in [1.165, 1.54) is 0 Å². The van der Waals surface area contributed by atoms with Crippen LogP contribution in [0.4, 0.5) is 16.2 Å². The van der Waals surface area contributed by atoms with Gasteiger partial charge in [0, 0.05) is 56.6 Å². The van der Waals surface area contributed by atoms with Crippen LogP contribution in [0.15, 0.2) is 42.5 Å². The van der Waals surface area contributed by atoms with Gasteiger partial charge in [-0.15, -0.1) is 0 Å². The first-order chi connectivity index (χ1) is 16.3. The molecule has 0 spiro atoms. The molecule has 0 unspecified atom stereocenters. The van der Waals surface area contributed by atoms with Crippen LogP contribution in [0.3, 0.4) is 0 Å². The highest BCUT2D eigenvalue weighted by molar-refractivity contribution is 6.33. The summed E-state index contributed by atoms with van der Waals surface area (Å²) in [6.07, 6.45) is 0. The molecule has 34 heavy (non-hydrogen) atoms. The summed E-state index contributed by atoms with van der Waals surface area (Å²) in [6, 6.07) is 14.0. The van der Waals surface area contributed by atoms with Crippen LogP contribution in [0.2, 0.25) is 5.02 Å². The number of anilines is 2. The van der Waals surface area contributed by atoms with E-state index in [-0.39, 0.29) is 6.03 Å². The topological polar surface area (TPSA) is 57.3 Å². The maximum absolute atomic E-state index is 12.9. The molecule has 0 bridgehead atoms. The van der Waals surface area contributed by atoms with Gasteiger partial charge in [0.25, 0.3) is 0 Å². The number of ether oxygens (including phenoxy) is 2. The van der Waals surface area contributed by atoms with Gasteiger partial charge < -0.3 is 24.6 Å². The van der Waals surface area contributed by atoms with Crippen molar-refractivity contribution < 1.29 is 14.3 Å². The second-order valence-electron chi connectivity index (χ2n) is 9.00. The number of benzene rings is 2. The highest BCUT2D eigenvalue weighted by Crippen LogP contribution is 2.31. The molecule has 8 heteroatoms. The lowest BCUT2D eigenvalue weighted by molar-refractivity contribution is 0.140. The summed E-state index contributed by atoms with van der Waals surface area (Å²) >= 11 is 6.33. The molecule has 1 aliphatic heterocycles. The van der Waals surface area contributed by atoms with E-state index in [1.807, 2.05) is 47.4 Å². The lowest BCUT2D eigenvalue weighted by atomic mass is 10.2. The SMILES string of the molecule is COc1ccc(NC(=O)N2CCN(c3ccccc3Cl)CC2)cc1OCCN(C(C)C)C(C)C. The Morgan fingerprint density at radius 3 is 2.32 bits per heavy atom. The third-order valence-corrected chi connectivity index (χ3v) is 6.43. The lowest BCUT2D eigenvalue weighted by Crippen LogP contribution is -2.50. The molecule has 186 valence electrons. The zero-order chi connectivity index (χ0) is 24.7. The average molecular weight is 489 g/mol. The summed E-state index contributed by atoms with van der Waals surface area (Å²) < 4.78 is 11.5. The maximum Gasteiger partial charge on any atom is 0.321 e. The minimum atomic E-state index is -0.124. The first kappa shape index (κ1) is 26.0. The zero-order valence-corrected chi connectivity index (χ0v) is 21.6. The molecule has 0 aliphatic carbocycles. The van der Waals surface area contributed by atoms with Gasteiger partial charge in [0.05, 0.1) is 17.8 Å². The molecule has 0 saturated carbocycles. The Kier molecular flexibility index (Phi) is 9.30. The van der Waals surface area contributed by atoms with Crippen LogP contribution in [-0.2, 0) is 0 Å². The molecular weight excluding hydrogens is 452 g/mol. The molecule has 1 saturated heterocycles. The smallest absolute Gasteiger partial charge is 0.321 e. The van der Waals surface area contributed by atoms with Crippen LogP contribution in [0.25, 0.3) is 0 Å². The monoisotopic (exact) mass is 488 g/mol. The minimum Gasteiger partial charge on any atom is -0.493 e. The number of hydrogen-bond acceptors (Lipinski definition) is 5. The van der Waals surface area contributed by atoms with Crippen LogP contribution in [0.5, 0.6) is 11.5 Å². The summed E-state index contributed by atoms with van der Waals surface area (Å²) in [5.41, 5.74) is 1.69. The minimum absolute atomic E-state index is 0.124. The van der Waals surface area contributed by atoms with Crippen molar-refractivity contribution in [3.05, 3.63) is 47.5 Å². The summed E-state index contributed by atoms with van der Waals surface area (Å²) in [5, 5.41) is 3.73. The van der Waals surface area contributed by atoms with Gasteiger partial charge in [-0.3, -0.25) is 4.90 Å².